The minimum Gasteiger partial charge on any atom is -0.292 e. The second-order valence-electron chi connectivity index (χ2n) is 5.37. The summed E-state index contributed by atoms with van der Waals surface area (Å²) < 4.78 is 0. The minimum absolute atomic E-state index is 0.190. The second kappa shape index (κ2) is 9.71. The van der Waals surface area contributed by atoms with Crippen LogP contribution >= 0.6 is 0 Å². The normalized spacial score (nSPS) is 10.6. The Kier molecular flexibility index (Phi) is 8.11. The molecule has 1 heterocycles. The van der Waals surface area contributed by atoms with Crippen LogP contribution in [-0.4, -0.2) is 10.8 Å². The van der Waals surface area contributed by atoms with Gasteiger partial charge in [-0.25, -0.2) is 0 Å². The Morgan fingerprint density at radius 3 is 2.32 bits per heavy atom. The van der Waals surface area contributed by atoms with Crippen LogP contribution in [0.1, 0.15) is 80.8 Å². The third-order valence-corrected chi connectivity index (χ3v) is 3.46. The fourth-order valence-corrected chi connectivity index (χ4v) is 2.24. The topological polar surface area (TPSA) is 30.0 Å². The summed E-state index contributed by atoms with van der Waals surface area (Å²) in [5.74, 6) is 0.190. The quantitative estimate of drug-likeness (QED) is 0.433. The number of Topliss-reactive ketones (excluding diaryl/α,β-unsaturated/α-hetero) is 1. The van der Waals surface area contributed by atoms with E-state index in [1.54, 1.807) is 6.20 Å². The van der Waals surface area contributed by atoms with E-state index in [-0.39, 0.29) is 5.78 Å². The molecule has 2 heteroatoms. The molecule has 0 aliphatic heterocycles. The van der Waals surface area contributed by atoms with E-state index in [1.165, 1.54) is 44.9 Å². The van der Waals surface area contributed by atoms with Crippen molar-refractivity contribution in [3.05, 3.63) is 29.6 Å². The van der Waals surface area contributed by atoms with Crippen molar-refractivity contribution in [2.75, 3.05) is 0 Å². The van der Waals surface area contributed by atoms with Gasteiger partial charge in [0, 0.05) is 12.6 Å². The maximum absolute atomic E-state index is 11.9. The first-order valence-electron chi connectivity index (χ1n) is 7.70. The van der Waals surface area contributed by atoms with Crippen molar-refractivity contribution in [3.63, 3.8) is 0 Å². The van der Waals surface area contributed by atoms with Crippen molar-refractivity contribution < 1.29 is 4.79 Å². The van der Waals surface area contributed by atoms with Crippen molar-refractivity contribution in [3.8, 4) is 0 Å². The largest absolute Gasteiger partial charge is 0.292 e. The lowest BCUT2D eigenvalue weighted by Crippen LogP contribution is -2.02. The SMILES string of the molecule is CCCCCCCCCCC(=O)c1cc(C)ccn1. The number of carbonyl (C=O) groups is 1. The molecule has 0 bridgehead atoms. The molecule has 1 rings (SSSR count). The Morgan fingerprint density at radius 2 is 1.68 bits per heavy atom. The Bertz CT molecular complexity index is 373. The van der Waals surface area contributed by atoms with E-state index in [4.69, 9.17) is 0 Å². The summed E-state index contributed by atoms with van der Waals surface area (Å²) in [6.45, 7) is 4.24. The summed E-state index contributed by atoms with van der Waals surface area (Å²) in [4.78, 5) is 16.0. The van der Waals surface area contributed by atoms with Gasteiger partial charge in [-0.2, -0.15) is 0 Å². The van der Waals surface area contributed by atoms with Crippen molar-refractivity contribution in [2.24, 2.45) is 0 Å². The Balaban J connectivity index is 2.08. The van der Waals surface area contributed by atoms with E-state index in [0.29, 0.717) is 12.1 Å². The molecule has 2 nitrogen and oxygen atoms in total. The minimum atomic E-state index is 0.190. The fourth-order valence-electron chi connectivity index (χ4n) is 2.24. The van der Waals surface area contributed by atoms with Gasteiger partial charge in [-0.15, -0.1) is 0 Å². The molecule has 0 saturated carbocycles. The third kappa shape index (κ3) is 7.09. The molecule has 0 amide bonds. The first kappa shape index (κ1) is 15.9. The van der Waals surface area contributed by atoms with Gasteiger partial charge in [0.2, 0.25) is 0 Å². The van der Waals surface area contributed by atoms with Crippen LogP contribution in [0.25, 0.3) is 0 Å². The smallest absolute Gasteiger partial charge is 0.181 e. The second-order valence-corrected chi connectivity index (χ2v) is 5.37. The van der Waals surface area contributed by atoms with Gasteiger partial charge in [0.05, 0.1) is 0 Å². The summed E-state index contributed by atoms with van der Waals surface area (Å²) in [6, 6.07) is 3.81. The highest BCUT2D eigenvalue weighted by Crippen LogP contribution is 2.11. The zero-order valence-corrected chi connectivity index (χ0v) is 12.5. The first-order valence-corrected chi connectivity index (χ1v) is 7.70. The van der Waals surface area contributed by atoms with Crippen LogP contribution in [0.4, 0.5) is 0 Å². The number of rotatable bonds is 10. The fraction of sp³-hybridized carbons (Fsp3) is 0.647. The molecule has 1 aromatic heterocycles. The predicted octanol–water partition coefficient (Wildman–Crippen LogP) is 5.10. The van der Waals surface area contributed by atoms with E-state index in [1.807, 2.05) is 19.1 Å². The number of pyridine rings is 1. The maximum atomic E-state index is 11.9. The molecule has 0 unspecified atom stereocenters. The van der Waals surface area contributed by atoms with Gasteiger partial charge < -0.3 is 0 Å². The van der Waals surface area contributed by atoms with Crippen molar-refractivity contribution in [2.45, 2.75) is 71.6 Å². The van der Waals surface area contributed by atoms with Gasteiger partial charge in [-0.3, -0.25) is 9.78 Å². The molecule has 1 aromatic rings. The number of carbonyl (C=O) groups excluding carboxylic acids is 1. The van der Waals surface area contributed by atoms with Crippen LogP contribution in [0.5, 0.6) is 0 Å². The summed E-state index contributed by atoms with van der Waals surface area (Å²) in [6.07, 6.45) is 12.5. The lowest BCUT2D eigenvalue weighted by molar-refractivity contribution is 0.0974. The van der Waals surface area contributed by atoms with Crippen molar-refractivity contribution >= 4 is 5.78 Å². The van der Waals surface area contributed by atoms with E-state index in [2.05, 4.69) is 11.9 Å². The van der Waals surface area contributed by atoms with Crippen LogP contribution in [0.2, 0.25) is 0 Å². The molecule has 0 fully saturated rings. The van der Waals surface area contributed by atoms with Crippen LogP contribution in [0, 0.1) is 6.92 Å². The van der Waals surface area contributed by atoms with E-state index < -0.39 is 0 Å². The standard InChI is InChI=1S/C17H27NO/c1-3-4-5-6-7-8-9-10-11-17(19)16-14-15(2)12-13-18-16/h12-14H,3-11H2,1-2H3. The molecule has 0 aromatic carbocycles. The van der Waals surface area contributed by atoms with E-state index in [0.717, 1.165) is 12.0 Å². The summed E-state index contributed by atoms with van der Waals surface area (Å²) >= 11 is 0. The molecule has 106 valence electrons. The molecular formula is C17H27NO. The van der Waals surface area contributed by atoms with Crippen molar-refractivity contribution in [1.29, 1.82) is 0 Å². The lowest BCUT2D eigenvalue weighted by Gasteiger charge is -2.02. The van der Waals surface area contributed by atoms with E-state index >= 15 is 0 Å². The zero-order chi connectivity index (χ0) is 13.9. The number of hydrogen-bond donors (Lipinski definition) is 0. The van der Waals surface area contributed by atoms with Gasteiger partial charge in [0.1, 0.15) is 5.69 Å². The van der Waals surface area contributed by atoms with Crippen LogP contribution in [0.15, 0.2) is 18.3 Å². The van der Waals surface area contributed by atoms with Gasteiger partial charge in [0.15, 0.2) is 5.78 Å². The van der Waals surface area contributed by atoms with Gasteiger partial charge in [-0.05, 0) is 31.0 Å². The predicted molar refractivity (Wildman–Crippen MR) is 80.5 cm³/mol. The average molecular weight is 261 g/mol. The number of aryl methyl sites for hydroxylation is 1. The monoisotopic (exact) mass is 261 g/mol. The molecule has 0 atom stereocenters. The highest BCUT2D eigenvalue weighted by Gasteiger charge is 2.06. The highest BCUT2D eigenvalue weighted by molar-refractivity contribution is 5.94. The number of aromatic nitrogens is 1. The summed E-state index contributed by atoms with van der Waals surface area (Å²) in [7, 11) is 0. The summed E-state index contributed by atoms with van der Waals surface area (Å²) in [5, 5.41) is 0. The Morgan fingerprint density at radius 1 is 1.05 bits per heavy atom. The molecule has 19 heavy (non-hydrogen) atoms. The van der Waals surface area contributed by atoms with Gasteiger partial charge in [-0.1, -0.05) is 51.9 Å². The number of ketones is 1. The molecule has 0 N–H and O–H groups in total. The summed E-state index contributed by atoms with van der Waals surface area (Å²) in [5.41, 5.74) is 1.73. The Hall–Kier alpha value is -1.18. The third-order valence-electron chi connectivity index (χ3n) is 3.46. The van der Waals surface area contributed by atoms with Gasteiger partial charge >= 0.3 is 0 Å². The molecule has 0 saturated heterocycles. The maximum Gasteiger partial charge on any atom is 0.181 e. The van der Waals surface area contributed by atoms with Crippen LogP contribution < -0.4 is 0 Å². The molecule has 0 spiro atoms. The highest BCUT2D eigenvalue weighted by atomic mass is 16.1. The number of nitrogens with zero attached hydrogens (tertiary/aromatic N) is 1. The zero-order valence-electron chi connectivity index (χ0n) is 12.5. The van der Waals surface area contributed by atoms with Crippen LogP contribution in [-0.2, 0) is 0 Å². The number of unbranched alkanes of at least 4 members (excludes halogenated alkanes) is 7. The van der Waals surface area contributed by atoms with E-state index in [9.17, 15) is 4.79 Å². The number of hydrogen-bond acceptors (Lipinski definition) is 2. The first-order chi connectivity index (χ1) is 9.24. The lowest BCUT2D eigenvalue weighted by atomic mass is 10.0. The van der Waals surface area contributed by atoms with Crippen LogP contribution in [0.3, 0.4) is 0 Å². The Labute approximate surface area is 117 Å². The molecule has 0 aliphatic rings. The molecular weight excluding hydrogens is 234 g/mol. The molecule has 0 aliphatic carbocycles. The van der Waals surface area contributed by atoms with Crippen molar-refractivity contribution in [1.82, 2.24) is 4.98 Å². The average Bonchev–Trinajstić information content (AvgIpc) is 2.41. The molecule has 0 radical (unpaired) electrons. The van der Waals surface area contributed by atoms with Gasteiger partial charge in [0.25, 0.3) is 0 Å².